The van der Waals surface area contributed by atoms with Gasteiger partial charge in [-0.25, -0.2) is 4.84 Å². The largest absolute Gasteiger partial charge is 0.366 e. The van der Waals surface area contributed by atoms with Crippen molar-refractivity contribution in [2.45, 2.75) is 17.9 Å². The number of hydroxylamine groups is 1. The van der Waals surface area contributed by atoms with Crippen LogP contribution in [0.25, 0.3) is 22.2 Å². The summed E-state index contributed by atoms with van der Waals surface area (Å²) >= 11 is 12.9. The molecule has 2 saturated heterocycles. The summed E-state index contributed by atoms with van der Waals surface area (Å²) in [7, 11) is 1.87. The average Bonchev–Trinajstić information content (AvgIpc) is 3.10. The number of nitrogens with two attached hydrogens (primary N) is 1. The Kier molecular flexibility index (Phi) is 5.27. The number of para-hydroxylation sites is 1. The van der Waals surface area contributed by atoms with Gasteiger partial charge < -0.3 is 10.3 Å². The van der Waals surface area contributed by atoms with Crippen LogP contribution in [0.5, 0.6) is 0 Å². The molecule has 0 aliphatic carbocycles. The monoisotopic (exact) mass is 462 g/mol. The number of primary amides is 1. The first-order chi connectivity index (χ1) is 14.9. The van der Waals surface area contributed by atoms with Crippen LogP contribution in [0.4, 0.5) is 5.69 Å². The predicted octanol–water partition coefficient (Wildman–Crippen LogP) is 2.20. The molecule has 0 spiro atoms. The molecule has 3 atom stereocenters. The molecule has 0 bridgehead atoms. The zero-order chi connectivity index (χ0) is 21.7. The lowest BCUT2D eigenvalue weighted by Crippen LogP contribution is -2.70. The van der Waals surface area contributed by atoms with E-state index < -0.39 is 12.1 Å². The maximum atomic E-state index is 11.9. The number of carbonyl (C=O) groups excluding carboxylic acids is 1. The molecule has 2 aliphatic heterocycles. The zero-order valence-electron chi connectivity index (χ0n) is 16.4. The molecular formula is C20H20Cl2N6O3. The van der Waals surface area contributed by atoms with E-state index in [0.29, 0.717) is 22.8 Å². The standard InChI is InChI=1S/C20H20Cl2N6O3/c1-27-14(8-10-4-2-6-12(17(10)27)18(23)29)11-5-3-7-13(16(11)22)28-30-20-19(26-31-28)25-15(21)9-24-20/h2-8,15,19-20,24-26H,9H2,1H3,(H2,23,29). The second-order valence-corrected chi connectivity index (χ2v) is 8.25. The highest BCUT2D eigenvalue weighted by atomic mass is 35.5. The maximum absolute atomic E-state index is 11.9. The molecule has 1 amide bonds. The predicted molar refractivity (Wildman–Crippen MR) is 118 cm³/mol. The second kappa shape index (κ2) is 7.95. The molecular weight excluding hydrogens is 443 g/mol. The van der Waals surface area contributed by atoms with E-state index in [-0.39, 0.29) is 11.7 Å². The summed E-state index contributed by atoms with van der Waals surface area (Å²) in [4.78, 5) is 23.3. The molecule has 5 N–H and O–H groups in total. The van der Waals surface area contributed by atoms with Gasteiger partial charge in [-0.1, -0.05) is 35.9 Å². The zero-order valence-corrected chi connectivity index (χ0v) is 17.9. The van der Waals surface area contributed by atoms with Gasteiger partial charge in [0.15, 0.2) is 6.23 Å². The second-order valence-electron chi connectivity index (χ2n) is 7.35. The van der Waals surface area contributed by atoms with Crippen molar-refractivity contribution in [3.05, 3.63) is 53.1 Å². The minimum Gasteiger partial charge on any atom is -0.366 e. The van der Waals surface area contributed by atoms with Crippen molar-refractivity contribution in [1.29, 1.82) is 0 Å². The maximum Gasteiger partial charge on any atom is 0.250 e. The fourth-order valence-corrected chi connectivity index (χ4v) is 4.46. The number of alkyl halides is 1. The number of nitrogens with zero attached hydrogens (tertiary/aromatic N) is 2. The van der Waals surface area contributed by atoms with E-state index in [1.165, 1.54) is 5.23 Å². The van der Waals surface area contributed by atoms with Crippen LogP contribution < -0.4 is 27.1 Å². The topological polar surface area (TPSA) is 106 Å². The van der Waals surface area contributed by atoms with Crippen molar-refractivity contribution in [2.75, 3.05) is 11.8 Å². The number of fused-ring (bicyclic) bond motifs is 2. The third kappa shape index (κ3) is 3.54. The van der Waals surface area contributed by atoms with E-state index in [1.54, 1.807) is 18.2 Å². The Hall–Kier alpha value is -2.37. The van der Waals surface area contributed by atoms with E-state index in [0.717, 1.165) is 22.2 Å². The fraction of sp³-hybridized carbons (Fsp3) is 0.250. The molecule has 0 saturated carbocycles. The number of anilines is 1. The van der Waals surface area contributed by atoms with E-state index in [9.17, 15) is 4.79 Å². The summed E-state index contributed by atoms with van der Waals surface area (Å²) < 4.78 is 1.90. The molecule has 1 aromatic heterocycles. The molecule has 11 heteroatoms. The highest BCUT2D eigenvalue weighted by molar-refractivity contribution is 6.36. The molecule has 2 aliphatic rings. The van der Waals surface area contributed by atoms with Crippen molar-refractivity contribution in [1.82, 2.24) is 20.7 Å². The van der Waals surface area contributed by atoms with Gasteiger partial charge in [-0.2, -0.15) is 10.4 Å². The first-order valence-corrected chi connectivity index (χ1v) is 10.5. The lowest BCUT2D eigenvalue weighted by atomic mass is 10.1. The van der Waals surface area contributed by atoms with Crippen molar-refractivity contribution < 1.29 is 14.6 Å². The number of carbonyl (C=O) groups is 1. The molecule has 2 fully saturated rings. The van der Waals surface area contributed by atoms with Crippen LogP contribution in [-0.2, 0) is 16.8 Å². The average molecular weight is 463 g/mol. The number of piperazine rings is 1. The Morgan fingerprint density at radius 2 is 2.06 bits per heavy atom. The Labute approximate surface area is 187 Å². The highest BCUT2D eigenvalue weighted by Crippen LogP contribution is 2.39. The minimum atomic E-state index is -0.485. The van der Waals surface area contributed by atoms with E-state index in [1.807, 2.05) is 35.9 Å². The van der Waals surface area contributed by atoms with E-state index >= 15 is 0 Å². The molecule has 5 rings (SSSR count). The minimum absolute atomic E-state index is 0.240. The van der Waals surface area contributed by atoms with Gasteiger partial charge in [0, 0.05) is 24.5 Å². The summed E-state index contributed by atoms with van der Waals surface area (Å²) in [6, 6.07) is 12.9. The lowest BCUT2D eigenvalue weighted by molar-refractivity contribution is -0.244. The van der Waals surface area contributed by atoms with Gasteiger partial charge in [0.05, 0.1) is 27.3 Å². The smallest absolute Gasteiger partial charge is 0.250 e. The van der Waals surface area contributed by atoms with Crippen LogP contribution in [0.1, 0.15) is 10.4 Å². The van der Waals surface area contributed by atoms with Gasteiger partial charge >= 0.3 is 0 Å². The van der Waals surface area contributed by atoms with Gasteiger partial charge in [-0.15, -0.1) is 16.8 Å². The number of amides is 1. The molecule has 9 nitrogen and oxygen atoms in total. The Bertz CT molecular complexity index is 1170. The van der Waals surface area contributed by atoms with Crippen molar-refractivity contribution in [3.8, 4) is 11.3 Å². The number of aryl methyl sites for hydroxylation is 1. The number of hydrogen-bond donors (Lipinski definition) is 4. The third-order valence-electron chi connectivity index (χ3n) is 5.41. The SMILES string of the molecule is Cn1c(-c2cccc(N3ONC4NC(Cl)CNC4O3)c2Cl)cc2cccc(C(N)=O)c21. The Balaban J connectivity index is 1.52. The van der Waals surface area contributed by atoms with Gasteiger partial charge in [0.1, 0.15) is 11.9 Å². The number of rotatable bonds is 3. The van der Waals surface area contributed by atoms with Crippen LogP contribution in [0, 0.1) is 0 Å². The van der Waals surface area contributed by atoms with Crippen LogP contribution in [0.3, 0.4) is 0 Å². The van der Waals surface area contributed by atoms with Crippen molar-refractivity contribution in [3.63, 3.8) is 0 Å². The summed E-state index contributed by atoms with van der Waals surface area (Å²) in [6.07, 6.45) is -0.723. The summed E-state index contributed by atoms with van der Waals surface area (Å²) in [5.41, 5.74) is 11.5. The molecule has 0 radical (unpaired) electrons. The molecule has 2 aromatic carbocycles. The number of aromatic nitrogens is 1. The third-order valence-corrected chi connectivity index (χ3v) is 6.08. The normalized spacial score (nSPS) is 23.7. The van der Waals surface area contributed by atoms with Crippen molar-refractivity contribution >= 4 is 45.7 Å². The fourth-order valence-electron chi connectivity index (χ4n) is 3.94. The molecule has 3 heterocycles. The number of nitrogens with one attached hydrogen (secondary N) is 3. The van der Waals surface area contributed by atoms with Gasteiger partial charge in [-0.3, -0.25) is 15.4 Å². The van der Waals surface area contributed by atoms with E-state index in [4.69, 9.17) is 38.7 Å². The Morgan fingerprint density at radius 3 is 2.87 bits per heavy atom. The number of halogens is 2. The van der Waals surface area contributed by atoms with Gasteiger partial charge in [-0.05, 0) is 18.2 Å². The molecule has 162 valence electrons. The quantitative estimate of drug-likeness (QED) is 0.349. The Morgan fingerprint density at radius 1 is 1.26 bits per heavy atom. The van der Waals surface area contributed by atoms with Crippen LogP contribution in [0.15, 0.2) is 42.5 Å². The first-order valence-electron chi connectivity index (χ1n) is 9.64. The number of benzene rings is 2. The highest BCUT2D eigenvalue weighted by Gasteiger charge is 2.37. The lowest BCUT2D eigenvalue weighted by Gasteiger charge is -2.42. The summed E-state index contributed by atoms with van der Waals surface area (Å²) in [5, 5.41) is 8.85. The van der Waals surface area contributed by atoms with Crippen molar-refractivity contribution in [2.24, 2.45) is 12.8 Å². The van der Waals surface area contributed by atoms with Gasteiger partial charge in [0.2, 0.25) is 0 Å². The first kappa shape index (κ1) is 20.5. The molecule has 3 unspecified atom stereocenters. The van der Waals surface area contributed by atoms with Crippen LogP contribution in [-0.4, -0.2) is 34.9 Å². The van der Waals surface area contributed by atoms with E-state index in [2.05, 4.69) is 16.1 Å². The molecule has 3 aromatic rings. The van der Waals surface area contributed by atoms with Gasteiger partial charge in [0.25, 0.3) is 5.91 Å². The van der Waals surface area contributed by atoms with Crippen LogP contribution in [0.2, 0.25) is 5.02 Å². The summed E-state index contributed by atoms with van der Waals surface area (Å²) in [5.74, 6) is -0.485. The molecule has 31 heavy (non-hydrogen) atoms. The van der Waals surface area contributed by atoms with Crippen LogP contribution >= 0.6 is 23.2 Å². The summed E-state index contributed by atoms with van der Waals surface area (Å²) in [6.45, 7) is 0.532. The number of hydrogen-bond acceptors (Lipinski definition) is 7.